The maximum absolute atomic E-state index is 11.0. The molecule has 0 bridgehead atoms. The third kappa shape index (κ3) is 3.56. The molecule has 0 spiro atoms. The first-order chi connectivity index (χ1) is 9.02. The maximum Gasteiger partial charge on any atom is 0.349 e. The van der Waals surface area contributed by atoms with E-state index < -0.39 is 11.9 Å². The standard InChI is InChI=1S/C10H12O8S/c11-1-3-17-5-6(18-4-2-12)8(10(15)16)19-7(5)9(13)14/h11-12H,1-4H2,(H,13,14)(H,15,16). The Balaban J connectivity index is 3.25. The summed E-state index contributed by atoms with van der Waals surface area (Å²) in [6, 6.07) is 0. The molecular formula is C10H12O8S. The highest BCUT2D eigenvalue weighted by Gasteiger charge is 2.29. The second kappa shape index (κ2) is 6.92. The number of carboxylic acid groups (broad SMARTS) is 2. The van der Waals surface area contributed by atoms with E-state index in [2.05, 4.69) is 0 Å². The molecule has 0 radical (unpaired) electrons. The van der Waals surface area contributed by atoms with Gasteiger partial charge in [-0.1, -0.05) is 0 Å². The van der Waals surface area contributed by atoms with Crippen molar-refractivity contribution in [2.75, 3.05) is 26.4 Å². The van der Waals surface area contributed by atoms with Gasteiger partial charge in [-0.25, -0.2) is 9.59 Å². The van der Waals surface area contributed by atoms with Crippen LogP contribution in [0.15, 0.2) is 0 Å². The van der Waals surface area contributed by atoms with E-state index in [1.807, 2.05) is 0 Å². The van der Waals surface area contributed by atoms with Crippen molar-refractivity contribution in [3.05, 3.63) is 9.75 Å². The van der Waals surface area contributed by atoms with Crippen LogP contribution < -0.4 is 9.47 Å². The summed E-state index contributed by atoms with van der Waals surface area (Å²) in [5, 5.41) is 35.3. The van der Waals surface area contributed by atoms with Crippen LogP contribution in [0.2, 0.25) is 0 Å². The minimum atomic E-state index is -1.36. The van der Waals surface area contributed by atoms with Gasteiger partial charge in [0.15, 0.2) is 21.3 Å². The van der Waals surface area contributed by atoms with Crippen molar-refractivity contribution in [1.29, 1.82) is 0 Å². The van der Waals surface area contributed by atoms with Crippen LogP contribution in [0.1, 0.15) is 19.3 Å². The van der Waals surface area contributed by atoms with Gasteiger partial charge in [0, 0.05) is 0 Å². The van der Waals surface area contributed by atoms with Crippen LogP contribution in [-0.2, 0) is 0 Å². The van der Waals surface area contributed by atoms with Gasteiger partial charge in [-0.05, 0) is 0 Å². The van der Waals surface area contributed by atoms with Crippen LogP contribution in [0.3, 0.4) is 0 Å². The Morgan fingerprint density at radius 3 is 1.53 bits per heavy atom. The van der Waals surface area contributed by atoms with E-state index >= 15 is 0 Å². The fourth-order valence-corrected chi connectivity index (χ4v) is 2.11. The van der Waals surface area contributed by atoms with E-state index in [9.17, 15) is 9.59 Å². The molecule has 8 nitrogen and oxygen atoms in total. The lowest BCUT2D eigenvalue weighted by molar-refractivity contribution is 0.0682. The number of ether oxygens (including phenoxy) is 2. The predicted molar refractivity (Wildman–Crippen MR) is 63.4 cm³/mol. The monoisotopic (exact) mass is 292 g/mol. The number of aliphatic hydroxyl groups excluding tert-OH is 2. The number of carboxylic acids is 2. The second-order valence-electron chi connectivity index (χ2n) is 3.17. The van der Waals surface area contributed by atoms with Crippen LogP contribution in [0.5, 0.6) is 11.5 Å². The maximum atomic E-state index is 11.0. The second-order valence-corrected chi connectivity index (χ2v) is 4.19. The largest absolute Gasteiger partial charge is 0.486 e. The summed E-state index contributed by atoms with van der Waals surface area (Å²) in [6.07, 6.45) is 0. The molecule has 0 aliphatic carbocycles. The summed E-state index contributed by atoms with van der Waals surface area (Å²) >= 11 is 0.491. The third-order valence-electron chi connectivity index (χ3n) is 1.89. The molecule has 0 aliphatic heterocycles. The van der Waals surface area contributed by atoms with E-state index in [0.29, 0.717) is 11.3 Å². The molecule has 1 aromatic rings. The van der Waals surface area contributed by atoms with E-state index in [1.165, 1.54) is 0 Å². The Labute approximate surface area is 111 Å². The fraction of sp³-hybridized carbons (Fsp3) is 0.400. The first-order valence-corrected chi connectivity index (χ1v) is 5.95. The highest BCUT2D eigenvalue weighted by atomic mass is 32.1. The van der Waals surface area contributed by atoms with Gasteiger partial charge in [0.1, 0.15) is 13.2 Å². The predicted octanol–water partition coefficient (Wildman–Crippen LogP) is -0.113. The average molecular weight is 292 g/mol. The number of aliphatic hydroxyl groups is 2. The number of carbonyl (C=O) groups is 2. The lowest BCUT2D eigenvalue weighted by atomic mass is 10.3. The van der Waals surface area contributed by atoms with E-state index in [1.54, 1.807) is 0 Å². The van der Waals surface area contributed by atoms with Gasteiger partial charge in [0.2, 0.25) is 0 Å². The molecule has 1 aromatic heterocycles. The summed E-state index contributed by atoms with van der Waals surface area (Å²) in [5.41, 5.74) is 0. The lowest BCUT2D eigenvalue weighted by Gasteiger charge is -2.09. The highest BCUT2D eigenvalue weighted by Crippen LogP contribution is 2.42. The first-order valence-electron chi connectivity index (χ1n) is 5.13. The van der Waals surface area contributed by atoms with Crippen LogP contribution in [0, 0.1) is 0 Å². The first kappa shape index (κ1) is 15.2. The smallest absolute Gasteiger partial charge is 0.349 e. The summed E-state index contributed by atoms with van der Waals surface area (Å²) < 4.78 is 10.0. The zero-order chi connectivity index (χ0) is 14.4. The Morgan fingerprint density at radius 1 is 0.895 bits per heavy atom. The van der Waals surface area contributed by atoms with Crippen molar-refractivity contribution in [2.24, 2.45) is 0 Å². The molecule has 4 N–H and O–H groups in total. The van der Waals surface area contributed by atoms with Crippen LogP contribution in [-0.4, -0.2) is 58.8 Å². The van der Waals surface area contributed by atoms with Gasteiger partial charge in [0.25, 0.3) is 0 Å². The van der Waals surface area contributed by atoms with Gasteiger partial charge in [-0.3, -0.25) is 0 Å². The molecule has 19 heavy (non-hydrogen) atoms. The Hall–Kier alpha value is -1.84. The number of hydrogen-bond acceptors (Lipinski definition) is 7. The topological polar surface area (TPSA) is 134 Å². The Morgan fingerprint density at radius 2 is 1.26 bits per heavy atom. The van der Waals surface area contributed by atoms with E-state index in [4.69, 9.17) is 29.9 Å². The number of aromatic carboxylic acids is 2. The molecule has 0 unspecified atom stereocenters. The molecule has 106 valence electrons. The van der Waals surface area contributed by atoms with Crippen molar-refractivity contribution in [3.63, 3.8) is 0 Å². The van der Waals surface area contributed by atoms with E-state index in [0.717, 1.165) is 0 Å². The Kier molecular flexibility index (Phi) is 5.55. The van der Waals surface area contributed by atoms with Gasteiger partial charge in [0.05, 0.1) is 13.2 Å². The van der Waals surface area contributed by atoms with Crippen molar-refractivity contribution >= 4 is 23.3 Å². The van der Waals surface area contributed by atoms with Crippen LogP contribution >= 0.6 is 11.3 Å². The van der Waals surface area contributed by atoms with Crippen molar-refractivity contribution in [3.8, 4) is 11.5 Å². The van der Waals surface area contributed by atoms with Crippen molar-refractivity contribution in [1.82, 2.24) is 0 Å². The fourth-order valence-electron chi connectivity index (χ4n) is 1.24. The normalized spacial score (nSPS) is 10.2. The zero-order valence-corrected chi connectivity index (χ0v) is 10.5. The van der Waals surface area contributed by atoms with Crippen LogP contribution in [0.4, 0.5) is 0 Å². The van der Waals surface area contributed by atoms with Gasteiger partial charge < -0.3 is 29.9 Å². The summed E-state index contributed by atoms with van der Waals surface area (Å²) in [6.45, 7) is -1.13. The van der Waals surface area contributed by atoms with Crippen LogP contribution in [0.25, 0.3) is 0 Å². The molecule has 9 heteroatoms. The minimum absolute atomic E-state index is 0.203. The quantitative estimate of drug-likeness (QED) is 0.521. The lowest BCUT2D eigenvalue weighted by Crippen LogP contribution is -2.09. The van der Waals surface area contributed by atoms with Crippen molar-refractivity contribution < 1.29 is 39.5 Å². The zero-order valence-electron chi connectivity index (χ0n) is 9.66. The molecular weight excluding hydrogens is 280 g/mol. The van der Waals surface area contributed by atoms with Gasteiger partial charge in [-0.15, -0.1) is 11.3 Å². The Bertz CT molecular complexity index is 426. The molecule has 0 saturated carbocycles. The molecule has 0 saturated heterocycles. The minimum Gasteiger partial charge on any atom is -0.486 e. The third-order valence-corrected chi connectivity index (χ3v) is 3.01. The molecule has 0 aliphatic rings. The summed E-state index contributed by atoms with van der Waals surface area (Å²) in [4.78, 5) is 21.4. The molecule has 1 heterocycles. The number of rotatable bonds is 8. The molecule has 0 amide bonds. The average Bonchev–Trinajstić information content (AvgIpc) is 2.72. The van der Waals surface area contributed by atoms with Crippen molar-refractivity contribution in [2.45, 2.75) is 0 Å². The molecule has 0 aromatic carbocycles. The SMILES string of the molecule is O=C(O)c1sc(C(=O)O)c(OCCO)c1OCCO. The molecule has 0 atom stereocenters. The number of thiophene rings is 1. The van der Waals surface area contributed by atoms with Gasteiger partial charge in [-0.2, -0.15) is 0 Å². The van der Waals surface area contributed by atoms with E-state index in [-0.39, 0.29) is 47.7 Å². The summed E-state index contributed by atoms with van der Waals surface area (Å²) in [7, 11) is 0. The molecule has 1 rings (SSSR count). The number of hydrogen-bond donors (Lipinski definition) is 4. The van der Waals surface area contributed by atoms with Gasteiger partial charge >= 0.3 is 11.9 Å². The summed E-state index contributed by atoms with van der Waals surface area (Å²) in [5.74, 6) is -3.23. The molecule has 0 fully saturated rings. The highest BCUT2D eigenvalue weighted by molar-refractivity contribution is 7.16.